The number of hydrogen-bond donors (Lipinski definition) is 1. The quantitative estimate of drug-likeness (QED) is 0.821. The number of halogens is 1. The van der Waals surface area contributed by atoms with E-state index in [4.69, 9.17) is 0 Å². The molecule has 0 saturated heterocycles. The van der Waals surface area contributed by atoms with Gasteiger partial charge in [0.15, 0.2) is 0 Å². The lowest BCUT2D eigenvalue weighted by Gasteiger charge is -2.15. The van der Waals surface area contributed by atoms with Crippen molar-refractivity contribution < 1.29 is 9.59 Å². The van der Waals surface area contributed by atoms with Crippen molar-refractivity contribution in [3.63, 3.8) is 0 Å². The highest BCUT2D eigenvalue weighted by Crippen LogP contribution is 2.17. The minimum Gasteiger partial charge on any atom is -0.358 e. The van der Waals surface area contributed by atoms with Gasteiger partial charge in [-0.1, -0.05) is 15.9 Å². The van der Waals surface area contributed by atoms with E-state index in [-0.39, 0.29) is 24.9 Å². The molecular weight excluding hydrogens is 352 g/mol. The molecule has 0 aliphatic heterocycles. The number of benzene rings is 1. The zero-order chi connectivity index (χ0) is 16.1. The molecule has 1 heterocycles. The van der Waals surface area contributed by atoms with Crippen LogP contribution < -0.4 is 5.32 Å². The van der Waals surface area contributed by atoms with Gasteiger partial charge in [0.1, 0.15) is 6.54 Å². The van der Waals surface area contributed by atoms with Gasteiger partial charge in [0, 0.05) is 24.1 Å². The van der Waals surface area contributed by atoms with E-state index in [1.54, 1.807) is 7.05 Å². The Balaban J connectivity index is 2.01. The molecule has 0 bridgehead atoms. The molecule has 8 nitrogen and oxygen atoms in total. The molecule has 9 heteroatoms. The standard InChI is InChI=1S/C13H15BrN6O2/c1-15-11(21)7-19(2)12(22)8-20-17-13(16-18-20)9-3-5-10(14)6-4-9/h3-6H,7-8H2,1-2H3,(H,15,21). The van der Waals surface area contributed by atoms with Gasteiger partial charge in [-0.3, -0.25) is 9.59 Å². The maximum absolute atomic E-state index is 12.0. The minimum absolute atomic E-state index is 0.0103. The number of hydrogen-bond acceptors (Lipinski definition) is 5. The lowest BCUT2D eigenvalue weighted by atomic mass is 10.2. The third kappa shape index (κ3) is 4.10. The number of carbonyl (C=O) groups is 2. The molecule has 22 heavy (non-hydrogen) atoms. The van der Waals surface area contributed by atoms with Gasteiger partial charge in [-0.25, -0.2) is 0 Å². The molecule has 0 saturated carbocycles. The van der Waals surface area contributed by atoms with Crippen molar-refractivity contribution in [2.45, 2.75) is 6.54 Å². The van der Waals surface area contributed by atoms with Gasteiger partial charge < -0.3 is 10.2 Å². The van der Waals surface area contributed by atoms with Crippen LogP contribution in [0.4, 0.5) is 0 Å². The molecule has 0 spiro atoms. The van der Waals surface area contributed by atoms with E-state index in [0.717, 1.165) is 10.0 Å². The lowest BCUT2D eigenvalue weighted by Crippen LogP contribution is -2.38. The summed E-state index contributed by atoms with van der Waals surface area (Å²) in [7, 11) is 3.06. The van der Waals surface area contributed by atoms with Gasteiger partial charge in [0.2, 0.25) is 17.6 Å². The summed E-state index contributed by atoms with van der Waals surface area (Å²) >= 11 is 3.35. The first kappa shape index (κ1) is 16.1. The minimum atomic E-state index is -0.275. The summed E-state index contributed by atoms with van der Waals surface area (Å²) in [6.07, 6.45) is 0. The van der Waals surface area contributed by atoms with Crippen LogP contribution in [0, 0.1) is 0 Å². The van der Waals surface area contributed by atoms with Crippen LogP contribution in [0.1, 0.15) is 0 Å². The number of rotatable bonds is 5. The number of nitrogens with one attached hydrogen (secondary N) is 1. The molecule has 2 rings (SSSR count). The van der Waals surface area contributed by atoms with Crippen LogP contribution in [0.2, 0.25) is 0 Å². The number of carbonyl (C=O) groups excluding carboxylic acids is 2. The second-order valence-corrected chi connectivity index (χ2v) is 5.49. The molecule has 2 aromatic rings. The molecule has 0 unspecified atom stereocenters. The normalized spacial score (nSPS) is 10.3. The fourth-order valence-corrected chi connectivity index (χ4v) is 1.91. The van der Waals surface area contributed by atoms with E-state index in [2.05, 4.69) is 36.7 Å². The Labute approximate surface area is 135 Å². The van der Waals surface area contributed by atoms with Gasteiger partial charge in [-0.2, -0.15) is 4.80 Å². The zero-order valence-electron chi connectivity index (χ0n) is 12.2. The Hall–Kier alpha value is -2.29. The van der Waals surface area contributed by atoms with Gasteiger partial charge in [-0.15, -0.1) is 10.2 Å². The second-order valence-electron chi connectivity index (χ2n) is 4.57. The lowest BCUT2D eigenvalue weighted by molar-refractivity contribution is -0.135. The van der Waals surface area contributed by atoms with Crippen molar-refractivity contribution in [1.82, 2.24) is 30.4 Å². The predicted octanol–water partition coefficient (Wildman–Crippen LogP) is 0.307. The number of tetrazole rings is 1. The largest absolute Gasteiger partial charge is 0.358 e. The van der Waals surface area contributed by atoms with Crippen molar-refractivity contribution in [3.8, 4) is 11.4 Å². The third-order valence-corrected chi connectivity index (χ3v) is 3.45. The molecule has 0 aliphatic rings. The fraction of sp³-hybridized carbons (Fsp3) is 0.308. The molecule has 0 aliphatic carbocycles. The number of nitrogens with zero attached hydrogens (tertiary/aromatic N) is 5. The summed E-state index contributed by atoms with van der Waals surface area (Å²) < 4.78 is 0.953. The van der Waals surface area contributed by atoms with E-state index in [1.807, 2.05) is 24.3 Å². The topological polar surface area (TPSA) is 93.0 Å². The average Bonchev–Trinajstić information content (AvgIpc) is 2.96. The molecule has 1 aromatic heterocycles. The molecule has 0 radical (unpaired) electrons. The molecule has 116 valence electrons. The van der Waals surface area contributed by atoms with Gasteiger partial charge >= 0.3 is 0 Å². The average molecular weight is 367 g/mol. The summed E-state index contributed by atoms with van der Waals surface area (Å²) in [5, 5.41) is 14.4. The predicted molar refractivity (Wildman–Crippen MR) is 82.7 cm³/mol. The maximum atomic E-state index is 12.0. The van der Waals surface area contributed by atoms with Crippen molar-refractivity contribution >= 4 is 27.7 Å². The van der Waals surface area contributed by atoms with Crippen LogP contribution in [0.25, 0.3) is 11.4 Å². The van der Waals surface area contributed by atoms with Gasteiger partial charge in [0.25, 0.3) is 0 Å². The van der Waals surface area contributed by atoms with E-state index >= 15 is 0 Å². The highest BCUT2D eigenvalue weighted by Gasteiger charge is 2.15. The molecular formula is C13H15BrN6O2. The summed E-state index contributed by atoms with van der Waals surface area (Å²) in [4.78, 5) is 25.7. The smallest absolute Gasteiger partial charge is 0.246 e. The van der Waals surface area contributed by atoms with Crippen LogP contribution in [-0.2, 0) is 16.1 Å². The van der Waals surface area contributed by atoms with Crippen LogP contribution in [0.3, 0.4) is 0 Å². The molecule has 1 N–H and O–H groups in total. The Kier molecular flexibility index (Phi) is 5.21. The third-order valence-electron chi connectivity index (χ3n) is 2.92. The van der Waals surface area contributed by atoms with Crippen LogP contribution in [0.5, 0.6) is 0 Å². The molecule has 0 fully saturated rings. The summed E-state index contributed by atoms with van der Waals surface area (Å²) in [5.41, 5.74) is 0.806. The van der Waals surface area contributed by atoms with Crippen molar-refractivity contribution in [1.29, 1.82) is 0 Å². The number of likely N-dealkylation sites (N-methyl/N-ethyl adjacent to an activating group) is 2. The monoisotopic (exact) mass is 366 g/mol. The first-order valence-corrected chi connectivity index (χ1v) is 7.27. The maximum Gasteiger partial charge on any atom is 0.246 e. The number of aromatic nitrogens is 4. The second kappa shape index (κ2) is 7.12. The van der Waals surface area contributed by atoms with E-state index in [1.165, 1.54) is 16.7 Å². The molecule has 2 amide bonds. The van der Waals surface area contributed by atoms with Crippen molar-refractivity contribution in [2.75, 3.05) is 20.6 Å². The van der Waals surface area contributed by atoms with Crippen LogP contribution >= 0.6 is 15.9 Å². The molecule has 0 atom stereocenters. The van der Waals surface area contributed by atoms with Crippen LogP contribution in [-0.4, -0.2) is 57.6 Å². The summed E-state index contributed by atoms with van der Waals surface area (Å²) in [5.74, 6) is -0.0736. The van der Waals surface area contributed by atoms with Gasteiger partial charge in [-0.05, 0) is 29.5 Å². The highest BCUT2D eigenvalue weighted by molar-refractivity contribution is 9.10. The van der Waals surface area contributed by atoms with Gasteiger partial charge in [0.05, 0.1) is 6.54 Å². The van der Waals surface area contributed by atoms with E-state index in [9.17, 15) is 9.59 Å². The SMILES string of the molecule is CNC(=O)CN(C)C(=O)Cn1nnc(-c2ccc(Br)cc2)n1. The Morgan fingerprint density at radius 1 is 1.32 bits per heavy atom. The Morgan fingerprint density at radius 2 is 2.00 bits per heavy atom. The summed E-state index contributed by atoms with van der Waals surface area (Å²) in [6, 6.07) is 7.45. The Morgan fingerprint density at radius 3 is 2.64 bits per heavy atom. The summed E-state index contributed by atoms with van der Waals surface area (Å²) in [6.45, 7) is -0.0827. The highest BCUT2D eigenvalue weighted by atomic mass is 79.9. The first-order chi connectivity index (χ1) is 10.5. The van der Waals surface area contributed by atoms with Crippen molar-refractivity contribution in [3.05, 3.63) is 28.7 Å². The van der Waals surface area contributed by atoms with Crippen molar-refractivity contribution in [2.24, 2.45) is 0 Å². The van der Waals surface area contributed by atoms with Crippen LogP contribution in [0.15, 0.2) is 28.7 Å². The van der Waals surface area contributed by atoms with E-state index < -0.39 is 0 Å². The fourth-order valence-electron chi connectivity index (χ4n) is 1.65. The Bertz CT molecular complexity index is 669. The zero-order valence-corrected chi connectivity index (χ0v) is 13.7. The number of amides is 2. The first-order valence-electron chi connectivity index (χ1n) is 6.48. The van der Waals surface area contributed by atoms with E-state index in [0.29, 0.717) is 5.82 Å². The molecule has 1 aromatic carbocycles.